The van der Waals surface area contributed by atoms with Crippen LogP contribution < -0.4 is 5.73 Å². The van der Waals surface area contributed by atoms with Crippen LogP contribution in [0.2, 0.25) is 0 Å². The van der Waals surface area contributed by atoms with Gasteiger partial charge in [-0.2, -0.15) is 0 Å². The summed E-state index contributed by atoms with van der Waals surface area (Å²) in [5, 5.41) is 10.3. The van der Waals surface area contributed by atoms with Crippen molar-refractivity contribution in [2.75, 3.05) is 18.6 Å². The third-order valence-corrected chi connectivity index (χ3v) is 5.23. The molecule has 5 atom stereocenters. The Labute approximate surface area is 131 Å². The minimum atomic E-state index is -0.482. The molecule has 3 N–H and O–H groups in total. The summed E-state index contributed by atoms with van der Waals surface area (Å²) >= 11 is 1.69. The predicted octanol–water partition coefficient (Wildman–Crippen LogP) is 2.51. The second-order valence-corrected chi connectivity index (χ2v) is 6.68. The van der Waals surface area contributed by atoms with E-state index in [0.717, 1.165) is 11.3 Å². The van der Waals surface area contributed by atoms with Crippen LogP contribution in [0.25, 0.3) is 0 Å². The summed E-state index contributed by atoms with van der Waals surface area (Å²) in [6.07, 6.45) is 1.29. The Kier molecular flexibility index (Phi) is 5.93. The van der Waals surface area contributed by atoms with Gasteiger partial charge in [-0.3, -0.25) is 0 Å². The number of anilines is 1. The highest BCUT2D eigenvalue weighted by atomic mass is 32.2. The molecule has 0 spiro atoms. The van der Waals surface area contributed by atoms with Gasteiger partial charge in [-0.15, -0.1) is 11.8 Å². The minimum Gasteiger partial charge on any atom is -0.399 e. The quantitative estimate of drug-likeness (QED) is 0.818. The zero-order valence-corrected chi connectivity index (χ0v) is 13.7. The Morgan fingerprint density at radius 3 is 2.76 bits per heavy atom. The van der Waals surface area contributed by atoms with Crippen molar-refractivity contribution >= 4 is 17.4 Å². The van der Waals surface area contributed by atoms with Gasteiger partial charge in [0.05, 0.1) is 19.3 Å². The van der Waals surface area contributed by atoms with Crippen LogP contribution in [0.4, 0.5) is 5.69 Å². The molecule has 1 heterocycles. The highest BCUT2D eigenvalue weighted by Crippen LogP contribution is 2.35. The maximum Gasteiger partial charge on any atom is 0.108 e. The molecular formula is C16H25NO3S. The smallest absolute Gasteiger partial charge is 0.108 e. The highest BCUT2D eigenvalue weighted by molar-refractivity contribution is 7.99. The SMILES string of the molecule is CSC1O[C@H](COCc2cccc(N)c2)[C@@H](O)[C@H](C)[C@H]1C. The monoisotopic (exact) mass is 311 g/mol. The van der Waals surface area contributed by atoms with E-state index in [1.165, 1.54) is 0 Å². The summed E-state index contributed by atoms with van der Waals surface area (Å²) in [6, 6.07) is 7.63. The fraction of sp³-hybridized carbons (Fsp3) is 0.625. The Balaban J connectivity index is 1.87. The van der Waals surface area contributed by atoms with Gasteiger partial charge in [0.25, 0.3) is 0 Å². The number of aliphatic hydroxyl groups is 1. The number of rotatable bonds is 5. The molecule has 1 aliphatic rings. The van der Waals surface area contributed by atoms with E-state index in [0.29, 0.717) is 19.1 Å². The van der Waals surface area contributed by atoms with Gasteiger partial charge in [0, 0.05) is 5.69 Å². The number of hydrogen-bond acceptors (Lipinski definition) is 5. The minimum absolute atomic E-state index is 0.115. The average Bonchev–Trinajstić information content (AvgIpc) is 2.47. The summed E-state index contributed by atoms with van der Waals surface area (Å²) in [5.74, 6) is 0.539. The Morgan fingerprint density at radius 2 is 2.10 bits per heavy atom. The van der Waals surface area contributed by atoms with Crippen LogP contribution in [0.15, 0.2) is 24.3 Å². The molecule has 21 heavy (non-hydrogen) atoms. The van der Waals surface area contributed by atoms with Crippen LogP contribution in [0.3, 0.4) is 0 Å². The first-order chi connectivity index (χ1) is 10.0. The van der Waals surface area contributed by atoms with Crippen LogP contribution in [0, 0.1) is 11.8 Å². The molecule has 1 aliphatic heterocycles. The maximum atomic E-state index is 10.3. The molecule has 1 fully saturated rings. The van der Waals surface area contributed by atoms with E-state index in [9.17, 15) is 5.11 Å². The first-order valence-corrected chi connectivity index (χ1v) is 8.60. The van der Waals surface area contributed by atoms with Crippen LogP contribution >= 0.6 is 11.8 Å². The molecular weight excluding hydrogens is 286 g/mol. The number of nitrogens with two attached hydrogens (primary N) is 1. The molecule has 0 radical (unpaired) electrons. The molecule has 1 saturated heterocycles. The lowest BCUT2D eigenvalue weighted by Crippen LogP contribution is -2.49. The third-order valence-electron chi connectivity index (χ3n) is 4.22. The normalized spacial score (nSPS) is 33.0. The molecule has 0 aromatic heterocycles. The number of benzene rings is 1. The second kappa shape index (κ2) is 7.49. The predicted molar refractivity (Wildman–Crippen MR) is 87.0 cm³/mol. The number of thioether (sulfide) groups is 1. The van der Waals surface area contributed by atoms with Gasteiger partial charge in [-0.05, 0) is 35.8 Å². The Hall–Kier alpha value is -0.750. The fourth-order valence-corrected chi connectivity index (χ4v) is 3.59. The molecule has 118 valence electrons. The summed E-state index contributed by atoms with van der Waals surface area (Å²) in [6.45, 7) is 5.07. The molecule has 1 unspecified atom stereocenters. The number of nitrogen functional groups attached to an aromatic ring is 1. The van der Waals surface area contributed by atoms with E-state index in [-0.39, 0.29) is 17.5 Å². The van der Waals surface area contributed by atoms with Crippen molar-refractivity contribution < 1.29 is 14.6 Å². The van der Waals surface area contributed by atoms with Crippen LogP contribution in [-0.2, 0) is 16.1 Å². The van der Waals surface area contributed by atoms with Crippen LogP contribution in [0.1, 0.15) is 19.4 Å². The van der Waals surface area contributed by atoms with Gasteiger partial charge in [0.2, 0.25) is 0 Å². The lowest BCUT2D eigenvalue weighted by atomic mass is 9.86. The molecule has 0 amide bonds. The highest BCUT2D eigenvalue weighted by Gasteiger charge is 2.40. The number of ether oxygens (including phenoxy) is 2. The molecule has 0 saturated carbocycles. The van der Waals surface area contributed by atoms with Gasteiger partial charge >= 0.3 is 0 Å². The molecule has 1 aromatic carbocycles. The zero-order valence-electron chi connectivity index (χ0n) is 12.9. The van der Waals surface area contributed by atoms with E-state index in [1.807, 2.05) is 30.5 Å². The van der Waals surface area contributed by atoms with Crippen molar-refractivity contribution in [3.05, 3.63) is 29.8 Å². The van der Waals surface area contributed by atoms with Gasteiger partial charge in [0.1, 0.15) is 11.5 Å². The van der Waals surface area contributed by atoms with Crippen molar-refractivity contribution in [2.45, 2.75) is 38.1 Å². The van der Waals surface area contributed by atoms with E-state index < -0.39 is 6.10 Å². The van der Waals surface area contributed by atoms with Gasteiger partial charge in [-0.25, -0.2) is 0 Å². The molecule has 2 rings (SSSR count). The van der Waals surface area contributed by atoms with Crippen molar-refractivity contribution in [3.63, 3.8) is 0 Å². The van der Waals surface area contributed by atoms with E-state index in [4.69, 9.17) is 15.2 Å². The Morgan fingerprint density at radius 1 is 1.33 bits per heavy atom. The fourth-order valence-electron chi connectivity index (χ4n) is 2.66. The largest absolute Gasteiger partial charge is 0.399 e. The van der Waals surface area contributed by atoms with Crippen LogP contribution in [-0.4, -0.2) is 35.6 Å². The lowest BCUT2D eigenvalue weighted by Gasteiger charge is -2.41. The zero-order chi connectivity index (χ0) is 15.4. The topological polar surface area (TPSA) is 64.7 Å². The van der Waals surface area contributed by atoms with E-state index in [1.54, 1.807) is 11.8 Å². The maximum absolute atomic E-state index is 10.3. The summed E-state index contributed by atoms with van der Waals surface area (Å²) in [4.78, 5) is 0. The molecule has 0 aliphatic carbocycles. The van der Waals surface area contributed by atoms with Crippen molar-refractivity contribution in [1.82, 2.24) is 0 Å². The molecule has 5 heteroatoms. The molecule has 1 aromatic rings. The summed E-state index contributed by atoms with van der Waals surface area (Å²) < 4.78 is 11.7. The first kappa shape index (κ1) is 16.6. The standard InChI is InChI=1S/C16H25NO3S/c1-10-11(2)16(21-3)20-14(15(10)18)9-19-8-12-5-4-6-13(17)7-12/h4-7,10-11,14-16,18H,8-9,17H2,1-3H3/t10-,11-,14-,15+,16?/m1/s1. The van der Waals surface area contributed by atoms with Crippen molar-refractivity contribution in [3.8, 4) is 0 Å². The van der Waals surface area contributed by atoms with Gasteiger partial charge in [-0.1, -0.05) is 26.0 Å². The Bertz CT molecular complexity index is 455. The van der Waals surface area contributed by atoms with Gasteiger partial charge < -0.3 is 20.3 Å². The molecule has 0 bridgehead atoms. The average molecular weight is 311 g/mol. The summed E-state index contributed by atoms with van der Waals surface area (Å²) in [5.41, 5.74) is 7.62. The molecule has 4 nitrogen and oxygen atoms in total. The third kappa shape index (κ3) is 4.13. The number of aliphatic hydroxyl groups excluding tert-OH is 1. The van der Waals surface area contributed by atoms with Gasteiger partial charge in [0.15, 0.2) is 0 Å². The van der Waals surface area contributed by atoms with Crippen molar-refractivity contribution in [1.29, 1.82) is 0 Å². The number of hydrogen-bond donors (Lipinski definition) is 2. The summed E-state index contributed by atoms with van der Waals surface area (Å²) in [7, 11) is 0. The second-order valence-electron chi connectivity index (χ2n) is 5.75. The van der Waals surface area contributed by atoms with Crippen molar-refractivity contribution in [2.24, 2.45) is 11.8 Å². The van der Waals surface area contributed by atoms with E-state index in [2.05, 4.69) is 13.8 Å². The van der Waals surface area contributed by atoms with E-state index >= 15 is 0 Å². The van der Waals surface area contributed by atoms with Crippen LogP contribution in [0.5, 0.6) is 0 Å². The lowest BCUT2D eigenvalue weighted by molar-refractivity contribution is -0.161. The first-order valence-electron chi connectivity index (χ1n) is 7.31.